The smallest absolute Gasteiger partial charge is 0.254 e. The molecule has 1 amide bonds. The van der Waals surface area contributed by atoms with Gasteiger partial charge in [0, 0.05) is 27.2 Å². The first kappa shape index (κ1) is 17.6. The molecule has 7 heteroatoms. The quantitative estimate of drug-likeness (QED) is 0.316. The summed E-state index contributed by atoms with van der Waals surface area (Å²) >= 11 is 0. The van der Waals surface area contributed by atoms with Crippen LogP contribution in [0.4, 0.5) is 4.39 Å². The summed E-state index contributed by atoms with van der Waals surface area (Å²) < 4.78 is 13.3. The predicted octanol–water partition coefficient (Wildman–Crippen LogP) is 0.968. The SMILES string of the molecule is CN=C(NC)NCCNC(=O)c1ccccc1F.I. The number of carbonyl (C=O) groups excluding carboxylic acids is 1. The van der Waals surface area contributed by atoms with Gasteiger partial charge >= 0.3 is 0 Å². The van der Waals surface area contributed by atoms with Crippen LogP contribution in [0.25, 0.3) is 0 Å². The Morgan fingerprint density at radius 1 is 1.26 bits per heavy atom. The molecule has 0 bridgehead atoms. The molecule has 1 aromatic rings. The van der Waals surface area contributed by atoms with E-state index in [1.807, 2.05) is 0 Å². The maximum atomic E-state index is 13.3. The molecule has 0 aromatic heterocycles. The van der Waals surface area contributed by atoms with Gasteiger partial charge in [-0.1, -0.05) is 12.1 Å². The van der Waals surface area contributed by atoms with Gasteiger partial charge < -0.3 is 16.0 Å². The van der Waals surface area contributed by atoms with Gasteiger partial charge in [0.25, 0.3) is 5.91 Å². The second kappa shape index (κ2) is 9.54. The molecule has 0 aliphatic carbocycles. The minimum absolute atomic E-state index is 0. The zero-order valence-corrected chi connectivity index (χ0v) is 13.2. The Bertz CT molecular complexity index is 439. The van der Waals surface area contributed by atoms with E-state index in [2.05, 4.69) is 20.9 Å². The van der Waals surface area contributed by atoms with Crippen molar-refractivity contribution in [3.63, 3.8) is 0 Å². The van der Waals surface area contributed by atoms with Crippen LogP contribution in [0.3, 0.4) is 0 Å². The number of nitrogens with zero attached hydrogens (tertiary/aromatic N) is 1. The molecule has 0 unspecified atom stereocenters. The Balaban J connectivity index is 0.00000324. The first-order chi connectivity index (χ1) is 8.69. The van der Waals surface area contributed by atoms with Gasteiger partial charge in [0.05, 0.1) is 5.56 Å². The summed E-state index contributed by atoms with van der Waals surface area (Å²) in [5.41, 5.74) is 0.0514. The molecule has 0 spiro atoms. The topological polar surface area (TPSA) is 65.5 Å². The van der Waals surface area contributed by atoms with E-state index in [0.29, 0.717) is 19.0 Å². The summed E-state index contributed by atoms with van der Waals surface area (Å²) in [6, 6.07) is 5.88. The molecule has 19 heavy (non-hydrogen) atoms. The van der Waals surface area contributed by atoms with Crippen LogP contribution in [0.1, 0.15) is 10.4 Å². The molecule has 0 heterocycles. The molecule has 106 valence electrons. The fourth-order valence-corrected chi connectivity index (χ4v) is 1.38. The minimum atomic E-state index is -0.519. The lowest BCUT2D eigenvalue weighted by Gasteiger charge is -2.09. The third kappa shape index (κ3) is 5.86. The number of halogens is 2. The van der Waals surface area contributed by atoms with Crippen LogP contribution < -0.4 is 16.0 Å². The van der Waals surface area contributed by atoms with Crippen LogP contribution in [0, 0.1) is 5.82 Å². The minimum Gasteiger partial charge on any atom is -0.359 e. The van der Waals surface area contributed by atoms with E-state index in [9.17, 15) is 9.18 Å². The number of rotatable bonds is 4. The van der Waals surface area contributed by atoms with E-state index in [4.69, 9.17) is 0 Å². The highest BCUT2D eigenvalue weighted by molar-refractivity contribution is 14.0. The predicted molar refractivity (Wildman–Crippen MR) is 84.6 cm³/mol. The van der Waals surface area contributed by atoms with Crippen LogP contribution in [0.5, 0.6) is 0 Å². The van der Waals surface area contributed by atoms with Crippen molar-refractivity contribution in [1.29, 1.82) is 0 Å². The Hall–Kier alpha value is -1.38. The molecule has 1 aromatic carbocycles. The molecule has 0 saturated heterocycles. The Labute approximate surface area is 129 Å². The number of amides is 1. The van der Waals surface area contributed by atoms with E-state index in [1.165, 1.54) is 12.1 Å². The second-order valence-corrected chi connectivity index (χ2v) is 3.48. The molecule has 0 aliphatic heterocycles. The number of benzene rings is 1. The molecule has 0 aliphatic rings. The molecule has 5 nitrogen and oxygen atoms in total. The molecule has 0 saturated carbocycles. The monoisotopic (exact) mass is 380 g/mol. The van der Waals surface area contributed by atoms with Gasteiger partial charge in [-0.2, -0.15) is 0 Å². The highest BCUT2D eigenvalue weighted by Gasteiger charge is 2.09. The van der Waals surface area contributed by atoms with Gasteiger partial charge in [-0.3, -0.25) is 9.79 Å². The normalized spacial score (nSPS) is 10.4. The highest BCUT2D eigenvalue weighted by atomic mass is 127. The maximum absolute atomic E-state index is 13.3. The third-order valence-corrected chi connectivity index (χ3v) is 2.28. The average Bonchev–Trinajstić information content (AvgIpc) is 2.39. The maximum Gasteiger partial charge on any atom is 0.254 e. The largest absolute Gasteiger partial charge is 0.359 e. The highest BCUT2D eigenvalue weighted by Crippen LogP contribution is 2.05. The van der Waals surface area contributed by atoms with Crippen LogP contribution in [0.2, 0.25) is 0 Å². The van der Waals surface area contributed by atoms with E-state index >= 15 is 0 Å². The third-order valence-electron chi connectivity index (χ3n) is 2.28. The van der Waals surface area contributed by atoms with Crippen molar-refractivity contribution < 1.29 is 9.18 Å². The number of hydrogen-bond donors (Lipinski definition) is 3. The van der Waals surface area contributed by atoms with Gasteiger partial charge in [0.2, 0.25) is 0 Å². The number of carbonyl (C=O) groups is 1. The van der Waals surface area contributed by atoms with E-state index in [-0.39, 0.29) is 29.5 Å². The molecular weight excluding hydrogens is 362 g/mol. The molecule has 0 atom stereocenters. The first-order valence-corrected chi connectivity index (χ1v) is 5.60. The van der Waals surface area contributed by atoms with Crippen molar-refractivity contribution in [3.8, 4) is 0 Å². The number of aliphatic imine (C=N–C) groups is 1. The van der Waals surface area contributed by atoms with Crippen LogP contribution in [0.15, 0.2) is 29.3 Å². The summed E-state index contributed by atoms with van der Waals surface area (Å²) in [4.78, 5) is 15.5. The van der Waals surface area contributed by atoms with Gasteiger partial charge in [-0.15, -0.1) is 24.0 Å². The summed E-state index contributed by atoms with van der Waals surface area (Å²) in [6.45, 7) is 0.890. The van der Waals surface area contributed by atoms with Gasteiger partial charge in [0.1, 0.15) is 5.82 Å². The summed E-state index contributed by atoms with van der Waals surface area (Å²) in [6.07, 6.45) is 0. The lowest BCUT2D eigenvalue weighted by atomic mass is 10.2. The zero-order valence-electron chi connectivity index (χ0n) is 10.9. The van der Waals surface area contributed by atoms with Crippen molar-refractivity contribution in [2.75, 3.05) is 27.2 Å². The number of hydrogen-bond acceptors (Lipinski definition) is 2. The van der Waals surface area contributed by atoms with Crippen molar-refractivity contribution in [2.45, 2.75) is 0 Å². The van der Waals surface area contributed by atoms with Crippen molar-refractivity contribution >= 4 is 35.8 Å². The van der Waals surface area contributed by atoms with E-state index in [1.54, 1.807) is 26.2 Å². The zero-order chi connectivity index (χ0) is 13.4. The molecule has 0 fully saturated rings. The van der Waals surface area contributed by atoms with E-state index in [0.717, 1.165) is 0 Å². The number of guanidine groups is 1. The molecule has 0 radical (unpaired) electrons. The van der Waals surface area contributed by atoms with Crippen molar-refractivity contribution in [3.05, 3.63) is 35.6 Å². The van der Waals surface area contributed by atoms with Crippen LogP contribution in [-0.2, 0) is 0 Å². The summed E-state index contributed by atoms with van der Waals surface area (Å²) in [5.74, 6) is -0.307. The van der Waals surface area contributed by atoms with Gasteiger partial charge in [0.15, 0.2) is 5.96 Å². The Kier molecular flexibility index (Phi) is 8.84. The molecule has 1 rings (SSSR count). The van der Waals surface area contributed by atoms with Gasteiger partial charge in [-0.25, -0.2) is 4.39 Å². The average molecular weight is 380 g/mol. The molecule has 3 N–H and O–H groups in total. The van der Waals surface area contributed by atoms with Crippen LogP contribution >= 0.6 is 24.0 Å². The van der Waals surface area contributed by atoms with Gasteiger partial charge in [-0.05, 0) is 12.1 Å². The Morgan fingerprint density at radius 3 is 2.47 bits per heavy atom. The summed E-state index contributed by atoms with van der Waals surface area (Å²) in [5, 5.41) is 8.44. The molecular formula is C12H18FIN4O. The summed E-state index contributed by atoms with van der Waals surface area (Å²) in [7, 11) is 3.39. The Morgan fingerprint density at radius 2 is 1.89 bits per heavy atom. The number of nitrogens with one attached hydrogen (secondary N) is 3. The van der Waals surface area contributed by atoms with E-state index < -0.39 is 11.7 Å². The first-order valence-electron chi connectivity index (χ1n) is 5.60. The fraction of sp³-hybridized carbons (Fsp3) is 0.333. The van der Waals surface area contributed by atoms with Crippen molar-refractivity contribution in [2.24, 2.45) is 4.99 Å². The fourth-order valence-electron chi connectivity index (χ4n) is 1.38. The lowest BCUT2D eigenvalue weighted by molar-refractivity contribution is 0.0950. The lowest BCUT2D eigenvalue weighted by Crippen LogP contribution is -2.40. The second-order valence-electron chi connectivity index (χ2n) is 3.48. The van der Waals surface area contributed by atoms with Crippen LogP contribution in [-0.4, -0.2) is 39.1 Å². The standard InChI is InChI=1S/C12H17FN4O.HI/c1-14-12(15-2)17-8-7-16-11(18)9-5-3-4-6-10(9)13;/h3-6H,7-8H2,1-2H3,(H,16,18)(H2,14,15,17);1H. The van der Waals surface area contributed by atoms with Crippen molar-refractivity contribution in [1.82, 2.24) is 16.0 Å².